The number of pyridine rings is 1. The van der Waals surface area contributed by atoms with Gasteiger partial charge in [0, 0.05) is 25.8 Å². The van der Waals surface area contributed by atoms with Gasteiger partial charge in [0.2, 0.25) is 5.95 Å². The van der Waals surface area contributed by atoms with Crippen LogP contribution < -0.4 is 21.3 Å². The monoisotopic (exact) mass is 520 g/mol. The van der Waals surface area contributed by atoms with E-state index >= 15 is 0 Å². The first-order chi connectivity index (χ1) is 17.9. The number of piperidine rings is 1. The fourth-order valence-corrected chi connectivity index (χ4v) is 5.25. The minimum atomic E-state index is -0.392. The minimum Gasteiger partial charge on any atom is -0.384 e. The van der Waals surface area contributed by atoms with Gasteiger partial charge in [-0.05, 0) is 74.7 Å². The molecule has 2 aliphatic rings. The number of aromatic nitrogens is 4. The number of thioether (sulfide) groups is 1. The number of nitrogen functional groups attached to an aromatic ring is 1. The Labute approximate surface area is 218 Å². The number of rotatable bonds is 7. The van der Waals surface area contributed by atoms with E-state index < -0.39 is 5.91 Å². The van der Waals surface area contributed by atoms with Crippen LogP contribution in [0, 0.1) is 19.8 Å². The Balaban J connectivity index is 1.16. The first-order valence-electron chi connectivity index (χ1n) is 12.1. The Morgan fingerprint density at radius 2 is 2.03 bits per heavy atom. The predicted molar refractivity (Wildman–Crippen MR) is 141 cm³/mol. The zero-order chi connectivity index (χ0) is 25.9. The lowest BCUT2D eigenvalue weighted by atomic mass is 9.96. The number of nitrogens with one attached hydrogen (secondary N) is 2. The van der Waals surface area contributed by atoms with Crippen LogP contribution in [0.15, 0.2) is 33.8 Å². The summed E-state index contributed by atoms with van der Waals surface area (Å²) in [5.41, 5.74) is 10.1. The molecule has 3 aromatic rings. The van der Waals surface area contributed by atoms with Gasteiger partial charge in [0.05, 0.1) is 27.6 Å². The normalized spacial score (nSPS) is 17.6. The number of anilines is 2. The summed E-state index contributed by atoms with van der Waals surface area (Å²) in [6.45, 7) is 7.02. The summed E-state index contributed by atoms with van der Waals surface area (Å²) < 4.78 is 5.34. The number of hydrogen-bond donors (Lipinski definition) is 3. The predicted octanol–water partition coefficient (Wildman–Crippen LogP) is 3.06. The van der Waals surface area contributed by atoms with Crippen LogP contribution in [0.2, 0.25) is 0 Å². The van der Waals surface area contributed by atoms with Crippen LogP contribution in [0.4, 0.5) is 16.6 Å². The van der Waals surface area contributed by atoms with Crippen LogP contribution in [-0.2, 0) is 11.3 Å². The maximum absolute atomic E-state index is 11.8. The standard InChI is InChI=1S/C25H28N8O3S/c1-14-21(15(2)36-32-14)22-17(3-4-20(26)30-22)13-27-12-16-6-9-33(10-7-16)24-28-8-5-18(29-24)11-19-23(34)31-25(35)37-19/h3-5,8,11,16,27H,6-7,9-10,12-13H2,1-2H3,(H2,26,30)(H,31,34,35)/b19-11-. The van der Waals surface area contributed by atoms with Crippen LogP contribution in [0.5, 0.6) is 0 Å². The number of aryl methyl sites for hydroxylation is 2. The molecule has 0 aromatic carbocycles. The number of imide groups is 1. The van der Waals surface area contributed by atoms with Crippen molar-refractivity contribution in [1.29, 1.82) is 0 Å². The van der Waals surface area contributed by atoms with Gasteiger partial charge in [0.1, 0.15) is 11.6 Å². The highest BCUT2D eigenvalue weighted by atomic mass is 32.2. The van der Waals surface area contributed by atoms with Crippen molar-refractivity contribution in [1.82, 2.24) is 30.7 Å². The van der Waals surface area contributed by atoms with E-state index in [9.17, 15) is 9.59 Å². The van der Waals surface area contributed by atoms with Crippen molar-refractivity contribution in [3.63, 3.8) is 0 Å². The zero-order valence-corrected chi connectivity index (χ0v) is 21.5. The molecular formula is C25H28N8O3S. The van der Waals surface area contributed by atoms with Crippen molar-refractivity contribution < 1.29 is 14.1 Å². The molecule has 5 rings (SSSR count). The Morgan fingerprint density at radius 1 is 1.22 bits per heavy atom. The van der Waals surface area contributed by atoms with Gasteiger partial charge in [0.25, 0.3) is 11.1 Å². The van der Waals surface area contributed by atoms with Crippen molar-refractivity contribution in [2.24, 2.45) is 5.92 Å². The Bertz CT molecular complexity index is 1340. The number of carbonyl (C=O) groups excluding carboxylic acids is 2. The molecule has 2 saturated heterocycles. The molecule has 0 spiro atoms. The van der Waals surface area contributed by atoms with E-state index in [1.165, 1.54) is 0 Å². The smallest absolute Gasteiger partial charge is 0.290 e. The van der Waals surface area contributed by atoms with Crippen LogP contribution in [0.1, 0.15) is 35.6 Å². The summed E-state index contributed by atoms with van der Waals surface area (Å²) in [5.74, 6) is 1.96. The van der Waals surface area contributed by atoms with E-state index in [0.29, 0.717) is 34.8 Å². The van der Waals surface area contributed by atoms with E-state index in [2.05, 4.69) is 35.6 Å². The Hall–Kier alpha value is -3.77. The molecule has 0 unspecified atom stereocenters. The summed E-state index contributed by atoms with van der Waals surface area (Å²) in [6.07, 6.45) is 5.31. The molecule has 0 radical (unpaired) electrons. The molecule has 2 aliphatic heterocycles. The van der Waals surface area contributed by atoms with E-state index in [4.69, 9.17) is 10.3 Å². The van der Waals surface area contributed by atoms with Crippen molar-refractivity contribution in [2.45, 2.75) is 33.2 Å². The van der Waals surface area contributed by atoms with E-state index in [-0.39, 0.29) is 5.24 Å². The van der Waals surface area contributed by atoms with E-state index in [1.807, 2.05) is 26.0 Å². The van der Waals surface area contributed by atoms with E-state index in [1.54, 1.807) is 18.3 Å². The third kappa shape index (κ3) is 5.65. The molecule has 0 aliphatic carbocycles. The first kappa shape index (κ1) is 24.9. The molecule has 2 amide bonds. The van der Waals surface area contributed by atoms with Gasteiger partial charge in [-0.15, -0.1) is 0 Å². The number of nitrogens with two attached hydrogens (primary N) is 1. The molecule has 4 N–H and O–H groups in total. The number of hydrogen-bond acceptors (Lipinski definition) is 11. The molecule has 3 aromatic heterocycles. The number of nitrogens with zero attached hydrogens (tertiary/aromatic N) is 5. The molecule has 192 valence electrons. The highest BCUT2D eigenvalue weighted by Gasteiger charge is 2.26. The summed E-state index contributed by atoms with van der Waals surface area (Å²) >= 11 is 0.881. The van der Waals surface area contributed by atoms with Crippen LogP contribution in [-0.4, -0.2) is 50.9 Å². The van der Waals surface area contributed by atoms with Crippen molar-refractivity contribution in [3.05, 3.63) is 52.0 Å². The van der Waals surface area contributed by atoms with Gasteiger partial charge in [-0.1, -0.05) is 11.2 Å². The van der Waals surface area contributed by atoms with Crippen LogP contribution in [0.25, 0.3) is 17.3 Å². The molecule has 12 heteroatoms. The molecule has 0 bridgehead atoms. The average Bonchev–Trinajstić information content (AvgIpc) is 3.39. The Morgan fingerprint density at radius 3 is 2.73 bits per heavy atom. The van der Waals surface area contributed by atoms with Gasteiger partial charge in [-0.3, -0.25) is 14.9 Å². The molecule has 37 heavy (non-hydrogen) atoms. The van der Waals surface area contributed by atoms with Crippen LogP contribution >= 0.6 is 11.8 Å². The lowest BCUT2D eigenvalue weighted by Gasteiger charge is -2.32. The van der Waals surface area contributed by atoms with Gasteiger partial charge >= 0.3 is 0 Å². The second kappa shape index (κ2) is 10.7. The lowest BCUT2D eigenvalue weighted by molar-refractivity contribution is -0.115. The Kier molecular flexibility index (Phi) is 7.19. The highest BCUT2D eigenvalue weighted by Crippen LogP contribution is 2.29. The fraction of sp³-hybridized carbons (Fsp3) is 0.360. The highest BCUT2D eigenvalue weighted by molar-refractivity contribution is 8.18. The van der Waals surface area contributed by atoms with Gasteiger partial charge in [-0.25, -0.2) is 15.0 Å². The summed E-state index contributed by atoms with van der Waals surface area (Å²) in [5, 5.41) is 9.54. The van der Waals surface area contributed by atoms with Gasteiger partial charge in [-0.2, -0.15) is 0 Å². The summed E-state index contributed by atoms with van der Waals surface area (Å²) in [6, 6.07) is 5.55. The average molecular weight is 521 g/mol. The molecule has 5 heterocycles. The molecule has 0 saturated carbocycles. The molecular weight excluding hydrogens is 492 g/mol. The summed E-state index contributed by atoms with van der Waals surface area (Å²) in [4.78, 5) is 39.3. The van der Waals surface area contributed by atoms with Crippen LogP contribution in [0.3, 0.4) is 0 Å². The number of amides is 2. The topological polar surface area (TPSA) is 152 Å². The maximum atomic E-state index is 11.8. The van der Waals surface area contributed by atoms with Gasteiger partial charge in [0.15, 0.2) is 0 Å². The number of carbonyl (C=O) groups is 2. The first-order valence-corrected chi connectivity index (χ1v) is 12.9. The second-order valence-corrected chi connectivity index (χ2v) is 10.2. The third-order valence-corrected chi connectivity index (χ3v) is 7.31. The molecule has 11 nitrogen and oxygen atoms in total. The third-order valence-electron chi connectivity index (χ3n) is 6.50. The van der Waals surface area contributed by atoms with Gasteiger partial charge < -0.3 is 20.5 Å². The fourth-order valence-electron chi connectivity index (χ4n) is 4.58. The maximum Gasteiger partial charge on any atom is 0.290 e. The molecule has 0 atom stereocenters. The van der Waals surface area contributed by atoms with Crippen molar-refractivity contribution in [3.8, 4) is 11.3 Å². The lowest BCUT2D eigenvalue weighted by Crippen LogP contribution is -2.38. The molecule has 2 fully saturated rings. The SMILES string of the molecule is Cc1noc(C)c1-c1nc(N)ccc1CNCC1CCN(c2nccc(/C=C3\SC(=O)NC3=O)n2)CC1. The van der Waals surface area contributed by atoms with Crippen molar-refractivity contribution in [2.75, 3.05) is 30.3 Å². The minimum absolute atomic E-state index is 0.341. The quantitative estimate of drug-likeness (QED) is 0.394. The largest absolute Gasteiger partial charge is 0.384 e. The van der Waals surface area contributed by atoms with E-state index in [0.717, 1.165) is 72.5 Å². The van der Waals surface area contributed by atoms with Crippen molar-refractivity contribution >= 4 is 40.8 Å². The zero-order valence-electron chi connectivity index (χ0n) is 20.7. The summed E-state index contributed by atoms with van der Waals surface area (Å²) in [7, 11) is 0. The second-order valence-electron chi connectivity index (χ2n) is 9.14.